The molecule has 1 fully saturated rings. The Morgan fingerprint density at radius 1 is 1.04 bits per heavy atom. The Hall–Kier alpha value is -2.37. The minimum Gasteiger partial charge on any atom is -0.493 e. The molecule has 0 atom stereocenters. The quantitative estimate of drug-likeness (QED) is 0.762. The van der Waals surface area contributed by atoms with Crippen molar-refractivity contribution in [2.45, 2.75) is 33.4 Å². The first-order chi connectivity index (χ1) is 13.6. The van der Waals surface area contributed by atoms with E-state index < -0.39 is 0 Å². The van der Waals surface area contributed by atoms with E-state index in [0.717, 1.165) is 44.2 Å². The van der Waals surface area contributed by atoms with E-state index in [1.807, 2.05) is 18.2 Å². The van der Waals surface area contributed by atoms with Gasteiger partial charge in [0.2, 0.25) is 5.91 Å². The first-order valence-electron chi connectivity index (χ1n) is 9.95. The van der Waals surface area contributed by atoms with Crippen LogP contribution in [-0.2, 0) is 22.6 Å². The number of rotatable bonds is 8. The van der Waals surface area contributed by atoms with Crippen LogP contribution in [0.2, 0.25) is 0 Å². The number of carbonyl (C=O) groups is 1. The fraction of sp³-hybridized carbons (Fsp3) is 0.435. The summed E-state index contributed by atoms with van der Waals surface area (Å²) < 4.78 is 11.1. The van der Waals surface area contributed by atoms with E-state index >= 15 is 0 Å². The molecule has 1 aliphatic heterocycles. The maximum absolute atomic E-state index is 12.0. The topological polar surface area (TPSA) is 50.8 Å². The summed E-state index contributed by atoms with van der Waals surface area (Å²) in [5.74, 6) is 0.813. The SMILES string of the molecule is Cc1ccc(OCCC(=O)NCc2ccc(CN3CCOCC3)cc2)cc1C. The van der Waals surface area contributed by atoms with Crippen LogP contribution in [0.25, 0.3) is 0 Å². The zero-order valence-corrected chi connectivity index (χ0v) is 16.9. The molecule has 0 aliphatic carbocycles. The molecule has 1 amide bonds. The first kappa shape index (κ1) is 20.4. The summed E-state index contributed by atoms with van der Waals surface area (Å²) in [6, 6.07) is 14.4. The van der Waals surface area contributed by atoms with Gasteiger partial charge >= 0.3 is 0 Å². The summed E-state index contributed by atoms with van der Waals surface area (Å²) >= 11 is 0. The van der Waals surface area contributed by atoms with Gasteiger partial charge in [-0.05, 0) is 48.2 Å². The molecule has 150 valence electrons. The van der Waals surface area contributed by atoms with Crippen LogP contribution in [0.3, 0.4) is 0 Å². The molecule has 1 N–H and O–H groups in total. The number of benzene rings is 2. The minimum atomic E-state index is 0.00114. The molecule has 5 heteroatoms. The van der Waals surface area contributed by atoms with Gasteiger partial charge in [-0.2, -0.15) is 0 Å². The van der Waals surface area contributed by atoms with Crippen LogP contribution < -0.4 is 10.1 Å². The average molecular weight is 383 g/mol. The van der Waals surface area contributed by atoms with Gasteiger partial charge in [0.25, 0.3) is 0 Å². The predicted molar refractivity (Wildman–Crippen MR) is 110 cm³/mol. The van der Waals surface area contributed by atoms with Crippen molar-refractivity contribution in [3.63, 3.8) is 0 Å². The van der Waals surface area contributed by atoms with E-state index in [0.29, 0.717) is 19.6 Å². The predicted octanol–water partition coefficient (Wildman–Crippen LogP) is 3.22. The zero-order valence-electron chi connectivity index (χ0n) is 16.9. The Morgan fingerprint density at radius 3 is 2.46 bits per heavy atom. The second kappa shape index (κ2) is 10.2. The van der Waals surface area contributed by atoms with Crippen LogP contribution in [-0.4, -0.2) is 43.7 Å². The molecule has 1 saturated heterocycles. The number of aryl methyl sites for hydroxylation is 2. The molecule has 2 aromatic carbocycles. The number of hydrogen-bond donors (Lipinski definition) is 1. The molecular formula is C23H30N2O3. The van der Waals surface area contributed by atoms with E-state index in [1.54, 1.807) is 0 Å². The van der Waals surface area contributed by atoms with Gasteiger partial charge in [0, 0.05) is 26.2 Å². The fourth-order valence-corrected chi connectivity index (χ4v) is 3.13. The summed E-state index contributed by atoms with van der Waals surface area (Å²) in [6.45, 7) is 9.61. The molecule has 1 aliphatic rings. The van der Waals surface area contributed by atoms with Crippen molar-refractivity contribution in [1.29, 1.82) is 0 Å². The Bertz CT molecular complexity index is 768. The Kier molecular flexibility index (Phi) is 7.46. The van der Waals surface area contributed by atoms with Crippen molar-refractivity contribution in [3.05, 3.63) is 64.7 Å². The average Bonchev–Trinajstić information content (AvgIpc) is 2.71. The van der Waals surface area contributed by atoms with Gasteiger partial charge in [-0.25, -0.2) is 0 Å². The van der Waals surface area contributed by atoms with E-state index in [2.05, 4.69) is 48.3 Å². The van der Waals surface area contributed by atoms with E-state index in [-0.39, 0.29) is 5.91 Å². The maximum atomic E-state index is 12.0. The van der Waals surface area contributed by atoms with Crippen molar-refractivity contribution in [1.82, 2.24) is 10.2 Å². The molecule has 0 aromatic heterocycles. The lowest BCUT2D eigenvalue weighted by Crippen LogP contribution is -2.35. The highest BCUT2D eigenvalue weighted by atomic mass is 16.5. The normalized spacial score (nSPS) is 14.6. The van der Waals surface area contributed by atoms with E-state index in [4.69, 9.17) is 9.47 Å². The largest absolute Gasteiger partial charge is 0.493 e. The number of nitrogens with one attached hydrogen (secondary N) is 1. The lowest BCUT2D eigenvalue weighted by molar-refractivity contribution is -0.121. The van der Waals surface area contributed by atoms with Crippen molar-refractivity contribution in [3.8, 4) is 5.75 Å². The minimum absolute atomic E-state index is 0.00114. The molecule has 0 spiro atoms. The standard InChI is InChI=1S/C23H30N2O3/c1-18-3-8-22(15-19(18)2)28-12-9-23(26)24-16-20-4-6-21(7-5-20)17-25-10-13-27-14-11-25/h3-8,15H,9-14,16-17H2,1-2H3,(H,24,26). The number of hydrogen-bond acceptors (Lipinski definition) is 4. The van der Waals surface area contributed by atoms with E-state index in [9.17, 15) is 4.79 Å². The monoisotopic (exact) mass is 382 g/mol. The third kappa shape index (κ3) is 6.36. The smallest absolute Gasteiger partial charge is 0.223 e. The molecule has 2 aromatic rings. The van der Waals surface area contributed by atoms with Crippen molar-refractivity contribution >= 4 is 5.91 Å². The first-order valence-corrected chi connectivity index (χ1v) is 9.95. The molecule has 5 nitrogen and oxygen atoms in total. The second-order valence-corrected chi connectivity index (χ2v) is 7.33. The molecular weight excluding hydrogens is 352 g/mol. The summed E-state index contributed by atoms with van der Waals surface area (Å²) in [6.07, 6.45) is 0.349. The van der Waals surface area contributed by atoms with Gasteiger partial charge in [-0.1, -0.05) is 30.3 Å². The Labute approximate surface area is 167 Å². The summed E-state index contributed by atoms with van der Waals surface area (Å²) in [5, 5.41) is 2.96. The Balaban J connectivity index is 1.36. The Morgan fingerprint density at radius 2 is 1.75 bits per heavy atom. The molecule has 1 heterocycles. The summed E-state index contributed by atoms with van der Waals surface area (Å²) in [7, 11) is 0. The zero-order chi connectivity index (χ0) is 19.8. The number of morpholine rings is 1. The van der Waals surface area contributed by atoms with Crippen molar-refractivity contribution in [2.75, 3.05) is 32.9 Å². The van der Waals surface area contributed by atoms with Crippen molar-refractivity contribution in [2.24, 2.45) is 0 Å². The lowest BCUT2D eigenvalue weighted by Gasteiger charge is -2.26. The highest BCUT2D eigenvalue weighted by Gasteiger charge is 2.10. The van der Waals surface area contributed by atoms with Gasteiger partial charge < -0.3 is 14.8 Å². The highest BCUT2D eigenvalue weighted by molar-refractivity contribution is 5.76. The number of amides is 1. The molecule has 0 saturated carbocycles. The highest BCUT2D eigenvalue weighted by Crippen LogP contribution is 2.16. The fourth-order valence-electron chi connectivity index (χ4n) is 3.13. The molecule has 3 rings (SSSR count). The van der Waals surface area contributed by atoms with Gasteiger partial charge in [-0.15, -0.1) is 0 Å². The molecule has 0 bridgehead atoms. The van der Waals surface area contributed by atoms with Crippen LogP contribution >= 0.6 is 0 Å². The lowest BCUT2D eigenvalue weighted by atomic mass is 10.1. The van der Waals surface area contributed by atoms with Gasteiger partial charge in [-0.3, -0.25) is 9.69 Å². The van der Waals surface area contributed by atoms with Crippen LogP contribution in [0.15, 0.2) is 42.5 Å². The van der Waals surface area contributed by atoms with E-state index in [1.165, 1.54) is 16.7 Å². The van der Waals surface area contributed by atoms with Crippen LogP contribution in [0.1, 0.15) is 28.7 Å². The summed E-state index contributed by atoms with van der Waals surface area (Å²) in [4.78, 5) is 14.4. The number of carbonyl (C=O) groups excluding carboxylic acids is 1. The molecule has 0 radical (unpaired) electrons. The van der Waals surface area contributed by atoms with Crippen LogP contribution in [0.5, 0.6) is 5.75 Å². The third-order valence-electron chi connectivity index (χ3n) is 5.10. The maximum Gasteiger partial charge on any atom is 0.223 e. The number of ether oxygens (including phenoxy) is 2. The van der Waals surface area contributed by atoms with Gasteiger partial charge in [0.05, 0.1) is 26.2 Å². The number of nitrogens with zero attached hydrogens (tertiary/aromatic N) is 1. The van der Waals surface area contributed by atoms with Gasteiger partial charge in [0.1, 0.15) is 5.75 Å². The van der Waals surface area contributed by atoms with Crippen molar-refractivity contribution < 1.29 is 14.3 Å². The van der Waals surface area contributed by atoms with Gasteiger partial charge in [0.15, 0.2) is 0 Å². The molecule has 28 heavy (non-hydrogen) atoms. The second-order valence-electron chi connectivity index (χ2n) is 7.33. The third-order valence-corrected chi connectivity index (χ3v) is 5.10. The van der Waals surface area contributed by atoms with Crippen LogP contribution in [0.4, 0.5) is 0 Å². The van der Waals surface area contributed by atoms with Crippen LogP contribution in [0, 0.1) is 13.8 Å². The molecule has 0 unspecified atom stereocenters. The summed E-state index contributed by atoms with van der Waals surface area (Å²) in [5.41, 5.74) is 4.83.